The number of thioether (sulfide) groups is 1. The van der Waals surface area contributed by atoms with Gasteiger partial charge in [-0.15, -0.1) is 0 Å². The molecule has 2 fully saturated rings. The van der Waals surface area contributed by atoms with Gasteiger partial charge in [-0.25, -0.2) is 0 Å². The van der Waals surface area contributed by atoms with E-state index < -0.39 is 5.97 Å². The number of carboxylic acids is 1. The molecular formula is C12H20O3S. The highest BCUT2D eigenvalue weighted by Gasteiger charge is 2.41. The first-order valence-electron chi connectivity index (χ1n) is 6.18. The van der Waals surface area contributed by atoms with Gasteiger partial charge < -0.3 is 9.84 Å². The first-order valence-corrected chi connectivity index (χ1v) is 7.33. The van der Waals surface area contributed by atoms with Crippen LogP contribution in [-0.4, -0.2) is 34.3 Å². The van der Waals surface area contributed by atoms with Crippen molar-refractivity contribution in [3.63, 3.8) is 0 Å². The topological polar surface area (TPSA) is 46.5 Å². The minimum atomic E-state index is -0.702. The van der Waals surface area contributed by atoms with Crippen molar-refractivity contribution >= 4 is 17.7 Å². The Morgan fingerprint density at radius 2 is 2.12 bits per heavy atom. The number of hydrogen-bond donors (Lipinski definition) is 1. The summed E-state index contributed by atoms with van der Waals surface area (Å²) in [4.78, 5) is 10.4. The summed E-state index contributed by atoms with van der Waals surface area (Å²) < 4.78 is 6.15. The molecule has 0 aromatic carbocycles. The van der Waals surface area contributed by atoms with Crippen LogP contribution >= 0.6 is 11.8 Å². The summed E-state index contributed by atoms with van der Waals surface area (Å²) in [5.41, 5.74) is 0.220. The Morgan fingerprint density at radius 1 is 1.38 bits per heavy atom. The number of carbonyl (C=O) groups is 1. The predicted molar refractivity (Wildman–Crippen MR) is 64.9 cm³/mol. The van der Waals surface area contributed by atoms with E-state index in [4.69, 9.17) is 9.84 Å². The lowest BCUT2D eigenvalue weighted by Crippen LogP contribution is -2.25. The first-order chi connectivity index (χ1) is 7.70. The highest BCUT2D eigenvalue weighted by molar-refractivity contribution is 7.99. The Labute approximate surface area is 101 Å². The zero-order chi connectivity index (χ0) is 11.4. The second-order valence-electron chi connectivity index (χ2n) is 4.89. The molecule has 0 bridgehead atoms. The maximum absolute atomic E-state index is 10.4. The SMILES string of the molecule is O=C(O)CCSCC1CCC2(CCCC2)O1. The lowest BCUT2D eigenvalue weighted by Gasteiger charge is -2.23. The van der Waals surface area contributed by atoms with Crippen LogP contribution in [0.5, 0.6) is 0 Å². The van der Waals surface area contributed by atoms with E-state index in [9.17, 15) is 4.79 Å². The molecule has 2 rings (SSSR count). The van der Waals surface area contributed by atoms with Gasteiger partial charge in [0.05, 0.1) is 18.1 Å². The van der Waals surface area contributed by atoms with E-state index in [0.29, 0.717) is 11.9 Å². The molecule has 1 heterocycles. The summed E-state index contributed by atoms with van der Waals surface area (Å²) in [5, 5.41) is 8.53. The quantitative estimate of drug-likeness (QED) is 0.755. The molecule has 16 heavy (non-hydrogen) atoms. The lowest BCUT2D eigenvalue weighted by atomic mass is 9.98. The van der Waals surface area contributed by atoms with Crippen molar-refractivity contribution in [2.75, 3.05) is 11.5 Å². The molecular weight excluding hydrogens is 224 g/mol. The Bertz CT molecular complexity index is 249. The summed E-state index contributed by atoms with van der Waals surface area (Å²) in [6.07, 6.45) is 8.14. The Balaban J connectivity index is 1.63. The number of rotatable bonds is 5. The summed E-state index contributed by atoms with van der Waals surface area (Å²) in [7, 11) is 0. The van der Waals surface area contributed by atoms with E-state index in [0.717, 1.165) is 5.75 Å². The molecule has 1 saturated heterocycles. The molecule has 0 radical (unpaired) electrons. The second-order valence-corrected chi connectivity index (χ2v) is 6.04. The second kappa shape index (κ2) is 5.41. The van der Waals surface area contributed by atoms with Gasteiger partial charge in [0.25, 0.3) is 0 Å². The molecule has 92 valence electrons. The molecule has 1 unspecified atom stereocenters. The molecule has 1 atom stereocenters. The molecule has 0 amide bonds. The van der Waals surface area contributed by atoms with Crippen molar-refractivity contribution in [3.05, 3.63) is 0 Å². The highest BCUT2D eigenvalue weighted by atomic mass is 32.2. The standard InChI is InChI=1S/C12H20O3S/c13-11(14)4-8-16-9-10-3-7-12(15-10)5-1-2-6-12/h10H,1-9H2,(H,13,14). The average Bonchev–Trinajstić information content (AvgIpc) is 2.85. The van der Waals surface area contributed by atoms with Crippen molar-refractivity contribution in [3.8, 4) is 0 Å². The zero-order valence-corrected chi connectivity index (χ0v) is 10.4. The monoisotopic (exact) mass is 244 g/mol. The van der Waals surface area contributed by atoms with Crippen LogP contribution in [-0.2, 0) is 9.53 Å². The molecule has 0 aromatic heterocycles. The molecule has 1 saturated carbocycles. The van der Waals surface area contributed by atoms with Crippen LogP contribution in [0.2, 0.25) is 0 Å². The van der Waals surface area contributed by atoms with Gasteiger partial charge in [0.1, 0.15) is 0 Å². The third-order valence-electron chi connectivity index (χ3n) is 3.62. The molecule has 2 aliphatic rings. The van der Waals surface area contributed by atoms with Crippen LogP contribution in [0.25, 0.3) is 0 Å². The summed E-state index contributed by atoms with van der Waals surface area (Å²) >= 11 is 1.72. The fourth-order valence-corrected chi connectivity index (χ4v) is 3.76. The fraction of sp³-hybridized carbons (Fsp3) is 0.917. The van der Waals surface area contributed by atoms with Gasteiger partial charge in [-0.2, -0.15) is 11.8 Å². The smallest absolute Gasteiger partial charge is 0.304 e. The van der Waals surface area contributed by atoms with E-state index in [1.165, 1.54) is 38.5 Å². The highest BCUT2D eigenvalue weighted by Crippen LogP contribution is 2.43. The summed E-state index contributed by atoms with van der Waals surface area (Å²) in [6, 6.07) is 0. The third-order valence-corrected chi connectivity index (χ3v) is 4.72. The summed E-state index contributed by atoms with van der Waals surface area (Å²) in [6.45, 7) is 0. The van der Waals surface area contributed by atoms with E-state index >= 15 is 0 Å². The average molecular weight is 244 g/mol. The van der Waals surface area contributed by atoms with Crippen molar-refractivity contribution < 1.29 is 14.6 Å². The van der Waals surface area contributed by atoms with Crippen LogP contribution in [0.3, 0.4) is 0 Å². The molecule has 4 heteroatoms. The zero-order valence-electron chi connectivity index (χ0n) is 9.61. The van der Waals surface area contributed by atoms with Crippen LogP contribution in [0.1, 0.15) is 44.9 Å². The van der Waals surface area contributed by atoms with E-state index in [1.54, 1.807) is 11.8 Å². The van der Waals surface area contributed by atoms with Crippen LogP contribution in [0.15, 0.2) is 0 Å². The minimum absolute atomic E-state index is 0.220. The maximum atomic E-state index is 10.4. The van der Waals surface area contributed by atoms with Gasteiger partial charge in [0.15, 0.2) is 0 Å². The minimum Gasteiger partial charge on any atom is -0.481 e. The molecule has 1 spiro atoms. The van der Waals surface area contributed by atoms with Crippen LogP contribution in [0.4, 0.5) is 0 Å². The van der Waals surface area contributed by atoms with Crippen molar-refractivity contribution in [2.24, 2.45) is 0 Å². The van der Waals surface area contributed by atoms with Crippen molar-refractivity contribution in [1.82, 2.24) is 0 Å². The van der Waals surface area contributed by atoms with Crippen LogP contribution < -0.4 is 0 Å². The van der Waals surface area contributed by atoms with Crippen molar-refractivity contribution in [1.29, 1.82) is 0 Å². The molecule has 0 aromatic rings. The van der Waals surface area contributed by atoms with Gasteiger partial charge in [-0.1, -0.05) is 12.8 Å². The van der Waals surface area contributed by atoms with E-state index in [2.05, 4.69) is 0 Å². The van der Waals surface area contributed by atoms with Crippen molar-refractivity contribution in [2.45, 2.75) is 56.7 Å². The Hall–Kier alpha value is -0.220. The molecule has 3 nitrogen and oxygen atoms in total. The maximum Gasteiger partial charge on any atom is 0.304 e. The van der Waals surface area contributed by atoms with Gasteiger partial charge >= 0.3 is 5.97 Å². The van der Waals surface area contributed by atoms with Gasteiger partial charge in [0, 0.05) is 11.5 Å². The predicted octanol–water partition coefficient (Wildman–Crippen LogP) is 2.69. The number of hydrogen-bond acceptors (Lipinski definition) is 3. The fourth-order valence-electron chi connectivity index (χ4n) is 2.77. The normalized spacial score (nSPS) is 27.6. The number of carboxylic acid groups (broad SMARTS) is 1. The van der Waals surface area contributed by atoms with E-state index in [1.807, 2.05) is 0 Å². The number of ether oxygens (including phenoxy) is 1. The summed E-state index contributed by atoms with van der Waals surface area (Å²) in [5.74, 6) is 0.976. The Kier molecular flexibility index (Phi) is 4.14. The van der Waals surface area contributed by atoms with Crippen LogP contribution in [0, 0.1) is 0 Å². The Morgan fingerprint density at radius 3 is 2.81 bits per heavy atom. The first kappa shape index (κ1) is 12.2. The molecule has 1 N–H and O–H groups in total. The number of aliphatic carboxylic acids is 1. The third kappa shape index (κ3) is 3.14. The molecule has 1 aliphatic heterocycles. The van der Waals surface area contributed by atoms with E-state index in [-0.39, 0.29) is 12.0 Å². The van der Waals surface area contributed by atoms with Gasteiger partial charge in [-0.05, 0) is 25.7 Å². The van der Waals surface area contributed by atoms with Gasteiger partial charge in [0.2, 0.25) is 0 Å². The lowest BCUT2D eigenvalue weighted by molar-refractivity contribution is -0.136. The van der Waals surface area contributed by atoms with Gasteiger partial charge in [-0.3, -0.25) is 4.79 Å². The molecule has 1 aliphatic carbocycles. The largest absolute Gasteiger partial charge is 0.481 e.